The normalized spacial score (nSPS) is 23.2. The molecule has 1 N–H and O–H groups in total. The SMILES string of the molecule is Cc1cc(C)nc(N2CC(CO)OC(C)(C)C2)n1. The summed E-state index contributed by atoms with van der Waals surface area (Å²) in [7, 11) is 0. The minimum atomic E-state index is -0.299. The van der Waals surface area contributed by atoms with Gasteiger partial charge in [-0.2, -0.15) is 0 Å². The number of hydrogen-bond donors (Lipinski definition) is 1. The largest absolute Gasteiger partial charge is 0.394 e. The second-order valence-corrected chi connectivity index (χ2v) is 5.51. The Labute approximate surface area is 108 Å². The lowest BCUT2D eigenvalue weighted by molar-refractivity contribution is -0.101. The molecule has 0 aromatic carbocycles. The van der Waals surface area contributed by atoms with Crippen molar-refractivity contribution in [1.29, 1.82) is 0 Å². The van der Waals surface area contributed by atoms with Crippen molar-refractivity contribution < 1.29 is 9.84 Å². The van der Waals surface area contributed by atoms with E-state index in [1.807, 2.05) is 33.8 Å². The van der Waals surface area contributed by atoms with Gasteiger partial charge in [0, 0.05) is 24.5 Å². The molecule has 1 atom stereocenters. The van der Waals surface area contributed by atoms with Crippen LogP contribution in [0, 0.1) is 13.8 Å². The van der Waals surface area contributed by atoms with Crippen LogP contribution in [0.2, 0.25) is 0 Å². The minimum absolute atomic E-state index is 0.0186. The van der Waals surface area contributed by atoms with E-state index >= 15 is 0 Å². The van der Waals surface area contributed by atoms with Gasteiger partial charge in [0.05, 0.1) is 18.3 Å². The summed E-state index contributed by atoms with van der Waals surface area (Å²) >= 11 is 0. The fourth-order valence-corrected chi connectivity index (χ4v) is 2.39. The highest BCUT2D eigenvalue weighted by molar-refractivity contribution is 5.34. The Morgan fingerprint density at radius 2 is 2.00 bits per heavy atom. The molecular weight excluding hydrogens is 230 g/mol. The summed E-state index contributed by atoms with van der Waals surface area (Å²) < 4.78 is 5.79. The molecule has 0 bridgehead atoms. The van der Waals surface area contributed by atoms with Crippen molar-refractivity contribution in [1.82, 2.24) is 9.97 Å². The van der Waals surface area contributed by atoms with Gasteiger partial charge in [-0.3, -0.25) is 0 Å². The standard InChI is InChI=1S/C13H21N3O2/c1-9-5-10(2)15-12(14-9)16-6-11(7-17)18-13(3,4)8-16/h5,11,17H,6-8H2,1-4H3. The number of anilines is 1. The number of aryl methyl sites for hydroxylation is 2. The van der Waals surface area contributed by atoms with Crippen LogP contribution in [-0.2, 0) is 4.74 Å². The molecule has 1 aliphatic heterocycles. The average Bonchev–Trinajstić information content (AvgIpc) is 2.25. The number of ether oxygens (including phenoxy) is 1. The van der Waals surface area contributed by atoms with Crippen molar-refractivity contribution in [2.24, 2.45) is 0 Å². The van der Waals surface area contributed by atoms with Crippen LogP contribution >= 0.6 is 0 Å². The second kappa shape index (κ2) is 4.82. The lowest BCUT2D eigenvalue weighted by atomic mass is 10.1. The molecule has 2 heterocycles. The van der Waals surface area contributed by atoms with Crippen LogP contribution in [0.1, 0.15) is 25.2 Å². The Morgan fingerprint density at radius 3 is 2.56 bits per heavy atom. The molecule has 1 unspecified atom stereocenters. The minimum Gasteiger partial charge on any atom is -0.394 e. The topological polar surface area (TPSA) is 58.5 Å². The van der Waals surface area contributed by atoms with Gasteiger partial charge in [0.25, 0.3) is 0 Å². The van der Waals surface area contributed by atoms with E-state index in [0.29, 0.717) is 6.54 Å². The Balaban J connectivity index is 2.26. The van der Waals surface area contributed by atoms with Gasteiger partial charge in [0.2, 0.25) is 5.95 Å². The Hall–Kier alpha value is -1.20. The number of aromatic nitrogens is 2. The van der Waals surface area contributed by atoms with Crippen LogP contribution in [0.4, 0.5) is 5.95 Å². The van der Waals surface area contributed by atoms with Gasteiger partial charge < -0.3 is 14.7 Å². The molecule has 1 saturated heterocycles. The average molecular weight is 251 g/mol. The van der Waals surface area contributed by atoms with Crippen LogP contribution in [0.5, 0.6) is 0 Å². The second-order valence-electron chi connectivity index (χ2n) is 5.51. The first kappa shape index (κ1) is 13.2. The molecule has 2 rings (SSSR count). The third kappa shape index (κ3) is 2.97. The predicted molar refractivity (Wildman–Crippen MR) is 69.8 cm³/mol. The van der Waals surface area contributed by atoms with Crippen molar-refractivity contribution in [3.05, 3.63) is 17.5 Å². The highest BCUT2D eigenvalue weighted by atomic mass is 16.5. The number of nitrogens with zero attached hydrogens (tertiary/aromatic N) is 3. The predicted octanol–water partition coefficient (Wildman–Crippen LogP) is 1.07. The molecule has 0 spiro atoms. The van der Waals surface area contributed by atoms with Crippen LogP contribution in [-0.4, -0.2) is 46.5 Å². The third-order valence-corrected chi connectivity index (χ3v) is 2.94. The smallest absolute Gasteiger partial charge is 0.225 e. The van der Waals surface area contributed by atoms with Crippen molar-refractivity contribution >= 4 is 5.95 Å². The lowest BCUT2D eigenvalue weighted by Gasteiger charge is -2.42. The van der Waals surface area contributed by atoms with E-state index in [2.05, 4.69) is 14.9 Å². The van der Waals surface area contributed by atoms with E-state index in [9.17, 15) is 5.11 Å². The van der Waals surface area contributed by atoms with Gasteiger partial charge in [0.1, 0.15) is 0 Å². The fraction of sp³-hybridized carbons (Fsp3) is 0.692. The van der Waals surface area contributed by atoms with E-state index in [4.69, 9.17) is 4.74 Å². The van der Waals surface area contributed by atoms with Crippen LogP contribution in [0.15, 0.2) is 6.07 Å². The number of rotatable bonds is 2. The number of morpholine rings is 1. The Morgan fingerprint density at radius 1 is 1.39 bits per heavy atom. The molecule has 0 saturated carbocycles. The molecule has 5 nitrogen and oxygen atoms in total. The molecule has 5 heteroatoms. The zero-order chi connectivity index (χ0) is 13.3. The first-order valence-electron chi connectivity index (χ1n) is 6.25. The molecule has 0 radical (unpaired) electrons. The third-order valence-electron chi connectivity index (χ3n) is 2.94. The van der Waals surface area contributed by atoms with Crippen molar-refractivity contribution in [3.8, 4) is 0 Å². The van der Waals surface area contributed by atoms with Gasteiger partial charge in [0.15, 0.2) is 0 Å². The van der Waals surface area contributed by atoms with Gasteiger partial charge in [-0.15, -0.1) is 0 Å². The maximum absolute atomic E-state index is 9.30. The molecule has 1 aromatic rings. The summed E-state index contributed by atoms with van der Waals surface area (Å²) in [5, 5.41) is 9.30. The van der Waals surface area contributed by atoms with Crippen molar-refractivity contribution in [3.63, 3.8) is 0 Å². The van der Waals surface area contributed by atoms with Crippen LogP contribution in [0.3, 0.4) is 0 Å². The van der Waals surface area contributed by atoms with Gasteiger partial charge in [-0.1, -0.05) is 0 Å². The van der Waals surface area contributed by atoms with Crippen LogP contribution in [0.25, 0.3) is 0 Å². The highest BCUT2D eigenvalue weighted by Crippen LogP contribution is 2.24. The molecular formula is C13H21N3O2. The Kier molecular flexibility index (Phi) is 3.54. The summed E-state index contributed by atoms with van der Waals surface area (Å²) in [6.45, 7) is 9.34. The van der Waals surface area contributed by atoms with E-state index in [1.54, 1.807) is 0 Å². The first-order valence-corrected chi connectivity index (χ1v) is 6.25. The molecule has 0 aliphatic carbocycles. The van der Waals surface area contributed by atoms with Crippen molar-refractivity contribution in [2.45, 2.75) is 39.4 Å². The van der Waals surface area contributed by atoms with Gasteiger partial charge in [-0.25, -0.2) is 9.97 Å². The summed E-state index contributed by atoms with van der Waals surface area (Å²) in [4.78, 5) is 11.0. The zero-order valence-electron chi connectivity index (χ0n) is 11.5. The monoisotopic (exact) mass is 251 g/mol. The van der Waals surface area contributed by atoms with Gasteiger partial charge >= 0.3 is 0 Å². The van der Waals surface area contributed by atoms with Crippen LogP contribution < -0.4 is 4.90 Å². The molecule has 18 heavy (non-hydrogen) atoms. The summed E-state index contributed by atoms with van der Waals surface area (Å²) in [6.07, 6.45) is -0.182. The van der Waals surface area contributed by atoms with E-state index in [1.165, 1.54) is 0 Å². The van der Waals surface area contributed by atoms with E-state index < -0.39 is 0 Å². The van der Waals surface area contributed by atoms with Gasteiger partial charge in [-0.05, 0) is 33.8 Å². The fourth-order valence-electron chi connectivity index (χ4n) is 2.39. The molecule has 0 amide bonds. The first-order chi connectivity index (χ1) is 8.39. The number of aliphatic hydroxyl groups is 1. The molecule has 1 aliphatic rings. The van der Waals surface area contributed by atoms with Crippen molar-refractivity contribution in [2.75, 3.05) is 24.6 Å². The quantitative estimate of drug-likeness (QED) is 0.852. The molecule has 100 valence electrons. The number of aliphatic hydroxyl groups excluding tert-OH is 1. The number of hydrogen-bond acceptors (Lipinski definition) is 5. The lowest BCUT2D eigenvalue weighted by Crippen LogP contribution is -2.54. The molecule has 1 aromatic heterocycles. The summed E-state index contributed by atoms with van der Waals surface area (Å²) in [6, 6.07) is 1.96. The maximum atomic E-state index is 9.30. The Bertz CT molecular complexity index is 414. The zero-order valence-corrected chi connectivity index (χ0v) is 11.5. The van der Waals surface area contributed by atoms with E-state index in [0.717, 1.165) is 23.9 Å². The summed E-state index contributed by atoms with van der Waals surface area (Å²) in [5.41, 5.74) is 1.62. The molecule has 1 fully saturated rings. The highest BCUT2D eigenvalue weighted by Gasteiger charge is 2.34. The summed E-state index contributed by atoms with van der Waals surface area (Å²) in [5.74, 6) is 0.724. The maximum Gasteiger partial charge on any atom is 0.225 e. The van der Waals surface area contributed by atoms with E-state index in [-0.39, 0.29) is 18.3 Å².